The number of hydrogen-bond donors (Lipinski definition) is 0. The van der Waals surface area contributed by atoms with Gasteiger partial charge in [-0.15, -0.1) is 0 Å². The van der Waals surface area contributed by atoms with E-state index in [2.05, 4.69) is 9.84 Å². The molecule has 7 nitrogen and oxygen atoms in total. The molecule has 2 rings (SSSR count). The van der Waals surface area contributed by atoms with Crippen LogP contribution in [0.1, 0.15) is 25.7 Å². The lowest BCUT2D eigenvalue weighted by atomic mass is 10.0. The van der Waals surface area contributed by atoms with E-state index in [1.54, 1.807) is 7.05 Å². The largest absolute Gasteiger partial charge is 0.469 e. The van der Waals surface area contributed by atoms with Crippen molar-refractivity contribution in [2.24, 2.45) is 7.05 Å². The molecule has 1 unspecified atom stereocenters. The summed E-state index contributed by atoms with van der Waals surface area (Å²) < 4.78 is 32.7. The van der Waals surface area contributed by atoms with Gasteiger partial charge in [0.25, 0.3) is 0 Å². The van der Waals surface area contributed by atoms with Gasteiger partial charge in [-0.3, -0.25) is 9.48 Å². The van der Waals surface area contributed by atoms with Crippen molar-refractivity contribution in [2.45, 2.75) is 36.6 Å². The fourth-order valence-electron chi connectivity index (χ4n) is 2.44. The summed E-state index contributed by atoms with van der Waals surface area (Å²) in [7, 11) is -0.624. The molecule has 1 aliphatic rings. The third kappa shape index (κ3) is 3.01. The van der Waals surface area contributed by atoms with Crippen LogP contribution >= 0.6 is 0 Å². The first-order valence-corrected chi connectivity index (χ1v) is 7.96. The number of sulfonamides is 1. The van der Waals surface area contributed by atoms with E-state index in [-0.39, 0.29) is 23.3 Å². The molecule has 0 N–H and O–H groups in total. The molecule has 0 spiro atoms. The molecule has 8 heteroatoms. The van der Waals surface area contributed by atoms with Crippen LogP contribution in [-0.2, 0) is 26.6 Å². The minimum Gasteiger partial charge on any atom is -0.469 e. The summed E-state index contributed by atoms with van der Waals surface area (Å²) in [5.41, 5.74) is 0. The monoisotopic (exact) mass is 301 g/mol. The molecule has 0 aliphatic carbocycles. The summed E-state index contributed by atoms with van der Waals surface area (Å²) in [5.74, 6) is -0.386. The standard InChI is InChI=1S/C12H19N3O4S/c1-14-9-11(8-13-14)20(17,18)15-6-4-3-5-10(15)7-12(16)19-2/h8-10H,3-7H2,1-2H3. The normalized spacial score (nSPS) is 20.8. The molecule has 0 aromatic carbocycles. The van der Waals surface area contributed by atoms with E-state index >= 15 is 0 Å². The minimum absolute atomic E-state index is 0.0932. The number of methoxy groups -OCH3 is 1. The Morgan fingerprint density at radius 1 is 1.50 bits per heavy atom. The van der Waals surface area contributed by atoms with Crippen LogP contribution < -0.4 is 0 Å². The maximum absolute atomic E-state index is 12.6. The predicted octanol–water partition coefficient (Wildman–Crippen LogP) is 0.526. The van der Waals surface area contributed by atoms with Gasteiger partial charge < -0.3 is 4.74 Å². The van der Waals surface area contributed by atoms with Gasteiger partial charge in [-0.05, 0) is 12.8 Å². The van der Waals surface area contributed by atoms with Crippen LogP contribution in [0.5, 0.6) is 0 Å². The Kier molecular flexibility index (Phi) is 4.44. The van der Waals surface area contributed by atoms with Gasteiger partial charge in [0.1, 0.15) is 4.90 Å². The lowest BCUT2D eigenvalue weighted by Gasteiger charge is -2.33. The van der Waals surface area contributed by atoms with Crippen LogP contribution in [0.4, 0.5) is 0 Å². The Morgan fingerprint density at radius 2 is 2.25 bits per heavy atom. The van der Waals surface area contributed by atoms with Gasteiger partial charge in [-0.1, -0.05) is 6.42 Å². The molecular weight excluding hydrogens is 282 g/mol. The first-order chi connectivity index (χ1) is 9.45. The number of hydrogen-bond acceptors (Lipinski definition) is 5. The van der Waals surface area contributed by atoms with Crippen molar-refractivity contribution in [1.29, 1.82) is 0 Å². The second-order valence-electron chi connectivity index (χ2n) is 4.90. The van der Waals surface area contributed by atoms with Gasteiger partial charge in [-0.25, -0.2) is 8.42 Å². The van der Waals surface area contributed by atoms with Gasteiger partial charge in [0.05, 0.1) is 19.7 Å². The van der Waals surface area contributed by atoms with Crippen LogP contribution in [0.25, 0.3) is 0 Å². The van der Waals surface area contributed by atoms with Gasteiger partial charge in [0, 0.05) is 25.8 Å². The SMILES string of the molecule is COC(=O)CC1CCCCN1S(=O)(=O)c1cnn(C)c1. The highest BCUT2D eigenvalue weighted by Crippen LogP contribution is 2.27. The number of ether oxygens (including phenoxy) is 1. The quantitative estimate of drug-likeness (QED) is 0.758. The Balaban J connectivity index is 2.25. The fourth-order valence-corrected chi connectivity index (χ4v) is 4.12. The van der Waals surface area contributed by atoms with E-state index in [0.29, 0.717) is 13.0 Å². The van der Waals surface area contributed by atoms with E-state index in [9.17, 15) is 13.2 Å². The summed E-state index contributed by atoms with van der Waals surface area (Å²) in [6.45, 7) is 0.429. The molecule has 112 valence electrons. The molecule has 1 atom stereocenters. The third-order valence-corrected chi connectivity index (χ3v) is 5.40. The molecule has 20 heavy (non-hydrogen) atoms. The second-order valence-corrected chi connectivity index (χ2v) is 6.79. The molecule has 1 saturated heterocycles. The zero-order valence-electron chi connectivity index (χ0n) is 11.7. The summed E-state index contributed by atoms with van der Waals surface area (Å²) in [6, 6.07) is -0.332. The van der Waals surface area contributed by atoms with Crippen molar-refractivity contribution in [3.8, 4) is 0 Å². The van der Waals surface area contributed by atoms with Crippen molar-refractivity contribution in [3.05, 3.63) is 12.4 Å². The number of aromatic nitrogens is 2. The van der Waals surface area contributed by atoms with Crippen molar-refractivity contribution in [3.63, 3.8) is 0 Å². The molecule has 1 aromatic heterocycles. The van der Waals surface area contributed by atoms with Crippen LogP contribution in [-0.4, -0.2) is 48.2 Å². The highest BCUT2D eigenvalue weighted by molar-refractivity contribution is 7.89. The van der Waals surface area contributed by atoms with Crippen molar-refractivity contribution in [1.82, 2.24) is 14.1 Å². The molecular formula is C12H19N3O4S. The Bertz CT molecular complexity index is 581. The van der Waals surface area contributed by atoms with Gasteiger partial charge >= 0.3 is 5.97 Å². The lowest BCUT2D eigenvalue weighted by Crippen LogP contribution is -2.44. The van der Waals surface area contributed by atoms with Gasteiger partial charge in [0.15, 0.2) is 0 Å². The second kappa shape index (κ2) is 5.92. The summed E-state index contributed by atoms with van der Waals surface area (Å²) in [6.07, 6.45) is 5.29. The molecule has 0 radical (unpaired) electrons. The predicted molar refractivity (Wildman–Crippen MR) is 71.4 cm³/mol. The maximum Gasteiger partial charge on any atom is 0.307 e. The van der Waals surface area contributed by atoms with Crippen LogP contribution in [0.3, 0.4) is 0 Å². The van der Waals surface area contributed by atoms with Gasteiger partial charge in [-0.2, -0.15) is 9.40 Å². The first kappa shape index (κ1) is 15.0. The lowest BCUT2D eigenvalue weighted by molar-refractivity contribution is -0.141. The van der Waals surface area contributed by atoms with Crippen LogP contribution in [0.15, 0.2) is 17.3 Å². The highest BCUT2D eigenvalue weighted by atomic mass is 32.2. The van der Waals surface area contributed by atoms with Crippen molar-refractivity contribution in [2.75, 3.05) is 13.7 Å². The number of piperidine rings is 1. The van der Waals surface area contributed by atoms with E-state index in [4.69, 9.17) is 0 Å². The zero-order chi connectivity index (χ0) is 14.8. The number of nitrogens with zero attached hydrogens (tertiary/aromatic N) is 3. The Labute approximate surface area is 118 Å². The number of carbonyl (C=O) groups excluding carboxylic acids is 1. The molecule has 0 bridgehead atoms. The smallest absolute Gasteiger partial charge is 0.307 e. The fraction of sp³-hybridized carbons (Fsp3) is 0.667. The number of rotatable bonds is 4. The Morgan fingerprint density at radius 3 is 2.85 bits per heavy atom. The zero-order valence-corrected chi connectivity index (χ0v) is 12.5. The van der Waals surface area contributed by atoms with Crippen LogP contribution in [0, 0.1) is 0 Å². The molecule has 2 heterocycles. The Hall–Kier alpha value is -1.41. The van der Waals surface area contributed by atoms with E-state index in [1.807, 2.05) is 0 Å². The number of aryl methyl sites for hydroxylation is 1. The highest BCUT2D eigenvalue weighted by Gasteiger charge is 2.35. The summed E-state index contributed by atoms with van der Waals surface area (Å²) in [5, 5.41) is 3.90. The number of esters is 1. The molecule has 0 saturated carbocycles. The van der Waals surface area contributed by atoms with Crippen molar-refractivity contribution >= 4 is 16.0 Å². The third-order valence-electron chi connectivity index (χ3n) is 3.49. The topological polar surface area (TPSA) is 81.5 Å². The van der Waals surface area contributed by atoms with Gasteiger partial charge in [0.2, 0.25) is 10.0 Å². The van der Waals surface area contributed by atoms with Crippen LogP contribution in [0.2, 0.25) is 0 Å². The van der Waals surface area contributed by atoms with Crippen molar-refractivity contribution < 1.29 is 17.9 Å². The van der Waals surface area contributed by atoms with E-state index < -0.39 is 10.0 Å². The molecule has 0 amide bonds. The average molecular weight is 301 g/mol. The van der Waals surface area contributed by atoms with E-state index in [1.165, 1.54) is 28.5 Å². The maximum atomic E-state index is 12.6. The summed E-state index contributed by atoms with van der Waals surface area (Å²) in [4.78, 5) is 11.6. The van der Waals surface area contributed by atoms with E-state index in [0.717, 1.165) is 12.8 Å². The first-order valence-electron chi connectivity index (χ1n) is 6.52. The minimum atomic E-state index is -3.60. The molecule has 1 aliphatic heterocycles. The summed E-state index contributed by atoms with van der Waals surface area (Å²) >= 11 is 0. The average Bonchev–Trinajstić information content (AvgIpc) is 2.86. The number of carbonyl (C=O) groups is 1. The molecule has 1 fully saturated rings. The molecule has 1 aromatic rings.